The van der Waals surface area contributed by atoms with Crippen molar-refractivity contribution in [3.63, 3.8) is 0 Å². The zero-order valence-electron chi connectivity index (χ0n) is 10.7. The molecule has 106 valence electrons. The first-order valence-corrected chi connectivity index (χ1v) is 9.60. The highest BCUT2D eigenvalue weighted by Crippen LogP contribution is 2.27. The minimum atomic E-state index is -2.86. The predicted molar refractivity (Wildman–Crippen MR) is 85.1 cm³/mol. The van der Waals surface area contributed by atoms with Crippen LogP contribution < -0.4 is 5.32 Å². The topological polar surface area (TPSA) is 46.2 Å². The lowest BCUT2D eigenvalue weighted by atomic mass is 10.1. The number of rotatable bonds is 4. The summed E-state index contributed by atoms with van der Waals surface area (Å²) in [7, 11) is -2.86. The van der Waals surface area contributed by atoms with Crippen molar-refractivity contribution in [2.45, 2.75) is 31.1 Å². The largest absolute Gasteiger partial charge is 0.309 e. The summed E-state index contributed by atoms with van der Waals surface area (Å²) in [5.41, 5.74) is 1.14. The molecule has 0 bridgehead atoms. The van der Waals surface area contributed by atoms with Crippen LogP contribution in [-0.2, 0) is 9.84 Å². The Morgan fingerprint density at radius 3 is 2.74 bits per heavy atom. The van der Waals surface area contributed by atoms with E-state index in [0.717, 1.165) is 27.4 Å². The molecule has 2 rings (SSSR count). The Hall–Kier alpha value is 0.0900. The fourth-order valence-corrected chi connectivity index (χ4v) is 5.53. The van der Waals surface area contributed by atoms with Gasteiger partial charge in [-0.05, 0) is 37.5 Å². The highest BCUT2D eigenvalue weighted by Gasteiger charge is 2.31. The number of sulfone groups is 1. The first-order chi connectivity index (χ1) is 8.90. The SMILES string of the molecule is CC(NCC1CCCS1(=O)=O)c1ccc(Br)cc1Br. The second kappa shape index (κ2) is 6.24. The minimum Gasteiger partial charge on any atom is -0.309 e. The van der Waals surface area contributed by atoms with Crippen LogP contribution in [0.25, 0.3) is 0 Å². The molecule has 1 N–H and O–H groups in total. The Labute approximate surface area is 131 Å². The van der Waals surface area contributed by atoms with Crippen LogP contribution in [0.4, 0.5) is 0 Å². The van der Waals surface area contributed by atoms with Gasteiger partial charge in [0, 0.05) is 21.5 Å². The van der Waals surface area contributed by atoms with E-state index in [2.05, 4.69) is 44.1 Å². The number of benzene rings is 1. The molecule has 1 aliphatic heterocycles. The molecule has 2 atom stereocenters. The van der Waals surface area contributed by atoms with Crippen molar-refractivity contribution in [2.75, 3.05) is 12.3 Å². The molecular weight excluding hydrogens is 394 g/mol. The first kappa shape index (κ1) is 15.5. The normalized spacial score (nSPS) is 23.4. The molecule has 2 unspecified atom stereocenters. The van der Waals surface area contributed by atoms with Crippen LogP contribution >= 0.6 is 31.9 Å². The molecule has 3 nitrogen and oxygen atoms in total. The lowest BCUT2D eigenvalue weighted by Gasteiger charge is -2.18. The smallest absolute Gasteiger partial charge is 0.154 e. The molecule has 19 heavy (non-hydrogen) atoms. The fourth-order valence-electron chi connectivity index (χ4n) is 2.36. The fraction of sp³-hybridized carbons (Fsp3) is 0.538. The molecule has 1 saturated heterocycles. The summed E-state index contributed by atoms with van der Waals surface area (Å²) in [6.07, 6.45) is 1.58. The average molecular weight is 411 g/mol. The van der Waals surface area contributed by atoms with Crippen LogP contribution in [0.5, 0.6) is 0 Å². The lowest BCUT2D eigenvalue weighted by molar-refractivity contribution is 0.537. The number of halogens is 2. The highest BCUT2D eigenvalue weighted by molar-refractivity contribution is 9.11. The number of hydrogen-bond acceptors (Lipinski definition) is 3. The van der Waals surface area contributed by atoms with Gasteiger partial charge in [0.1, 0.15) is 0 Å². The van der Waals surface area contributed by atoms with Gasteiger partial charge in [-0.15, -0.1) is 0 Å². The summed E-state index contributed by atoms with van der Waals surface area (Å²) >= 11 is 6.96. The van der Waals surface area contributed by atoms with Crippen LogP contribution in [0.15, 0.2) is 27.1 Å². The summed E-state index contributed by atoms with van der Waals surface area (Å²) in [6.45, 7) is 2.58. The Morgan fingerprint density at radius 2 is 2.16 bits per heavy atom. The van der Waals surface area contributed by atoms with E-state index in [-0.39, 0.29) is 11.3 Å². The molecule has 0 aromatic heterocycles. The molecular formula is C13H17Br2NO2S. The molecule has 0 radical (unpaired) electrons. The van der Waals surface area contributed by atoms with Gasteiger partial charge in [0.2, 0.25) is 0 Å². The summed E-state index contributed by atoms with van der Waals surface area (Å²) in [6, 6.07) is 6.15. The van der Waals surface area contributed by atoms with Crippen LogP contribution in [0.2, 0.25) is 0 Å². The molecule has 1 aliphatic rings. The summed E-state index contributed by atoms with van der Waals surface area (Å²) < 4.78 is 25.6. The van der Waals surface area contributed by atoms with Crippen molar-refractivity contribution < 1.29 is 8.42 Å². The van der Waals surface area contributed by atoms with Crippen molar-refractivity contribution in [2.24, 2.45) is 0 Å². The van der Waals surface area contributed by atoms with Crippen molar-refractivity contribution >= 4 is 41.7 Å². The van der Waals surface area contributed by atoms with E-state index < -0.39 is 9.84 Å². The Kier molecular flexibility index (Phi) is 5.09. The van der Waals surface area contributed by atoms with Crippen molar-refractivity contribution in [1.82, 2.24) is 5.32 Å². The third-order valence-corrected chi connectivity index (χ3v) is 7.00. The zero-order valence-corrected chi connectivity index (χ0v) is 14.7. The van der Waals surface area contributed by atoms with Crippen LogP contribution in [0.1, 0.15) is 31.4 Å². The standard InChI is InChI=1S/C13H17Br2NO2S/c1-9(12-5-4-10(14)7-13(12)15)16-8-11-3-2-6-19(11,17)18/h4-5,7,9,11,16H,2-3,6,8H2,1H3. The number of hydrogen-bond donors (Lipinski definition) is 1. The van der Waals surface area contributed by atoms with Crippen molar-refractivity contribution in [3.05, 3.63) is 32.7 Å². The molecule has 6 heteroatoms. The average Bonchev–Trinajstić information content (AvgIpc) is 2.65. The molecule has 0 spiro atoms. The first-order valence-electron chi connectivity index (χ1n) is 6.30. The van der Waals surface area contributed by atoms with E-state index in [1.807, 2.05) is 18.2 Å². The molecule has 0 amide bonds. The predicted octanol–water partition coefficient (Wildman–Crippen LogP) is 3.44. The molecule has 0 aliphatic carbocycles. The van der Waals surface area contributed by atoms with Crippen LogP contribution in [0.3, 0.4) is 0 Å². The van der Waals surface area contributed by atoms with Gasteiger partial charge in [0.15, 0.2) is 9.84 Å². The van der Waals surface area contributed by atoms with Gasteiger partial charge in [-0.1, -0.05) is 37.9 Å². The molecule has 1 heterocycles. The lowest BCUT2D eigenvalue weighted by Crippen LogP contribution is -2.32. The Bertz CT molecular complexity index is 560. The van der Waals surface area contributed by atoms with Gasteiger partial charge in [-0.25, -0.2) is 8.42 Å². The van der Waals surface area contributed by atoms with E-state index >= 15 is 0 Å². The minimum absolute atomic E-state index is 0.123. The van der Waals surface area contributed by atoms with E-state index in [1.54, 1.807) is 0 Å². The second-order valence-corrected chi connectivity index (χ2v) is 9.10. The summed E-state index contributed by atoms with van der Waals surface area (Å²) in [4.78, 5) is 0. The maximum atomic E-state index is 11.8. The van der Waals surface area contributed by atoms with Gasteiger partial charge in [-0.2, -0.15) is 0 Å². The summed E-state index contributed by atoms with van der Waals surface area (Å²) in [5.74, 6) is 0.343. The van der Waals surface area contributed by atoms with Gasteiger partial charge in [0.05, 0.1) is 11.0 Å². The van der Waals surface area contributed by atoms with E-state index in [9.17, 15) is 8.42 Å². The van der Waals surface area contributed by atoms with Gasteiger partial charge < -0.3 is 5.32 Å². The molecule has 0 saturated carbocycles. The Morgan fingerprint density at radius 1 is 1.42 bits per heavy atom. The highest BCUT2D eigenvalue weighted by atomic mass is 79.9. The Balaban J connectivity index is 2.00. The monoisotopic (exact) mass is 409 g/mol. The number of nitrogens with one attached hydrogen (secondary N) is 1. The van der Waals surface area contributed by atoms with Gasteiger partial charge >= 0.3 is 0 Å². The molecule has 1 aromatic rings. The quantitative estimate of drug-likeness (QED) is 0.826. The van der Waals surface area contributed by atoms with Crippen LogP contribution in [-0.4, -0.2) is 26.0 Å². The second-order valence-electron chi connectivity index (χ2n) is 4.93. The van der Waals surface area contributed by atoms with Crippen LogP contribution in [0, 0.1) is 0 Å². The summed E-state index contributed by atoms with van der Waals surface area (Å²) in [5, 5.41) is 3.11. The third-order valence-electron chi connectivity index (χ3n) is 3.54. The third kappa shape index (κ3) is 3.80. The van der Waals surface area contributed by atoms with Gasteiger partial charge in [0.25, 0.3) is 0 Å². The molecule has 1 fully saturated rings. The maximum absolute atomic E-state index is 11.8. The zero-order chi connectivity index (χ0) is 14.0. The van der Waals surface area contributed by atoms with Gasteiger partial charge in [-0.3, -0.25) is 0 Å². The van der Waals surface area contributed by atoms with E-state index in [4.69, 9.17) is 0 Å². The molecule has 1 aromatic carbocycles. The van der Waals surface area contributed by atoms with Crippen molar-refractivity contribution in [1.29, 1.82) is 0 Å². The van der Waals surface area contributed by atoms with E-state index in [0.29, 0.717) is 12.3 Å². The maximum Gasteiger partial charge on any atom is 0.154 e. The van der Waals surface area contributed by atoms with Crippen molar-refractivity contribution in [3.8, 4) is 0 Å². The van der Waals surface area contributed by atoms with E-state index in [1.165, 1.54) is 0 Å².